The van der Waals surface area contributed by atoms with Crippen molar-refractivity contribution in [2.24, 2.45) is 0 Å². The van der Waals surface area contributed by atoms with Crippen LogP contribution in [0.4, 0.5) is 0 Å². The maximum Gasteiger partial charge on any atom is 0.243 e. The van der Waals surface area contributed by atoms with Crippen LogP contribution in [0.2, 0.25) is 0 Å². The second kappa shape index (κ2) is 9.80. The van der Waals surface area contributed by atoms with Gasteiger partial charge in [0.1, 0.15) is 11.6 Å². The number of imidazole rings is 1. The highest BCUT2D eigenvalue weighted by Gasteiger charge is 2.27. The molecule has 4 rings (SSSR count). The summed E-state index contributed by atoms with van der Waals surface area (Å²) >= 11 is 0. The van der Waals surface area contributed by atoms with Crippen LogP contribution in [0, 0.1) is 0 Å². The molecule has 0 amide bonds. The zero-order chi connectivity index (χ0) is 23.6. The van der Waals surface area contributed by atoms with Crippen molar-refractivity contribution in [3.05, 3.63) is 53.9 Å². The summed E-state index contributed by atoms with van der Waals surface area (Å²) in [5, 5.41) is 0. The smallest absolute Gasteiger partial charge is 0.243 e. The van der Waals surface area contributed by atoms with E-state index >= 15 is 0 Å². The Morgan fingerprint density at radius 2 is 1.91 bits per heavy atom. The van der Waals surface area contributed by atoms with Gasteiger partial charge in [-0.2, -0.15) is 4.31 Å². The van der Waals surface area contributed by atoms with E-state index < -0.39 is 10.0 Å². The Bertz CT molecular complexity index is 1220. The van der Waals surface area contributed by atoms with Crippen LogP contribution < -0.4 is 4.74 Å². The van der Waals surface area contributed by atoms with E-state index in [-0.39, 0.29) is 10.9 Å². The highest BCUT2D eigenvalue weighted by atomic mass is 32.2. The van der Waals surface area contributed by atoms with E-state index in [1.54, 1.807) is 19.2 Å². The average molecular weight is 473 g/mol. The maximum atomic E-state index is 13.1. The number of methoxy groups -OCH3 is 1. The summed E-state index contributed by atoms with van der Waals surface area (Å²) in [6.07, 6.45) is 0. The van der Waals surface area contributed by atoms with Crippen LogP contribution in [0.15, 0.2) is 47.4 Å². The lowest BCUT2D eigenvalue weighted by atomic mass is 10.1. The van der Waals surface area contributed by atoms with Gasteiger partial charge in [-0.1, -0.05) is 18.2 Å². The average Bonchev–Trinajstić information content (AvgIpc) is 3.20. The van der Waals surface area contributed by atoms with Gasteiger partial charge in [0.2, 0.25) is 10.0 Å². The van der Waals surface area contributed by atoms with Crippen molar-refractivity contribution in [2.75, 3.05) is 40.5 Å². The number of morpholine rings is 1. The van der Waals surface area contributed by atoms with Gasteiger partial charge in [0, 0.05) is 31.2 Å². The molecule has 0 saturated carbocycles. The molecular formula is C24H32N4O4S. The van der Waals surface area contributed by atoms with E-state index in [1.807, 2.05) is 24.3 Å². The van der Waals surface area contributed by atoms with Crippen LogP contribution in [0.3, 0.4) is 0 Å². The number of nitrogens with zero attached hydrogens (tertiary/aromatic N) is 4. The first-order chi connectivity index (χ1) is 15.9. The SMILES string of the molecule is CCn1c(CN(C)C(C)c2ccccc2OC)nc2cc(S(=O)(=O)N3CCOCC3)ccc21. The van der Waals surface area contributed by atoms with Gasteiger partial charge in [-0.25, -0.2) is 13.4 Å². The van der Waals surface area contributed by atoms with Gasteiger partial charge in [-0.05, 0) is 45.2 Å². The van der Waals surface area contributed by atoms with Gasteiger partial charge < -0.3 is 14.0 Å². The zero-order valence-electron chi connectivity index (χ0n) is 19.7. The number of rotatable bonds is 8. The van der Waals surface area contributed by atoms with Crippen LogP contribution in [0.5, 0.6) is 5.75 Å². The number of aromatic nitrogens is 2. The van der Waals surface area contributed by atoms with Crippen molar-refractivity contribution in [1.29, 1.82) is 0 Å². The first kappa shape index (κ1) is 23.7. The van der Waals surface area contributed by atoms with Gasteiger partial charge in [-0.3, -0.25) is 4.90 Å². The Labute approximate surface area is 195 Å². The fourth-order valence-electron chi connectivity index (χ4n) is 4.34. The van der Waals surface area contributed by atoms with E-state index in [1.165, 1.54) is 4.31 Å². The fraction of sp³-hybridized carbons (Fsp3) is 0.458. The Balaban J connectivity index is 1.63. The lowest BCUT2D eigenvalue weighted by Crippen LogP contribution is -2.40. The van der Waals surface area contributed by atoms with E-state index in [9.17, 15) is 8.42 Å². The van der Waals surface area contributed by atoms with Crippen LogP contribution in [0.1, 0.15) is 31.3 Å². The van der Waals surface area contributed by atoms with Crippen molar-refractivity contribution >= 4 is 21.1 Å². The van der Waals surface area contributed by atoms with Gasteiger partial charge in [-0.15, -0.1) is 0 Å². The number of sulfonamides is 1. The molecule has 0 radical (unpaired) electrons. The molecule has 0 spiro atoms. The lowest BCUT2D eigenvalue weighted by molar-refractivity contribution is 0.0730. The molecule has 1 saturated heterocycles. The molecule has 1 fully saturated rings. The molecule has 1 atom stereocenters. The molecule has 33 heavy (non-hydrogen) atoms. The van der Waals surface area contributed by atoms with Gasteiger partial charge in [0.05, 0.1) is 42.8 Å². The Morgan fingerprint density at radius 3 is 2.61 bits per heavy atom. The second-order valence-corrected chi connectivity index (χ2v) is 10.2. The van der Waals surface area contributed by atoms with Crippen LogP contribution in [-0.4, -0.2) is 67.6 Å². The molecule has 9 heteroatoms. The van der Waals surface area contributed by atoms with E-state index in [4.69, 9.17) is 14.5 Å². The van der Waals surface area contributed by atoms with Crippen LogP contribution >= 0.6 is 0 Å². The topological polar surface area (TPSA) is 76.9 Å². The minimum atomic E-state index is -3.56. The maximum absolute atomic E-state index is 13.1. The zero-order valence-corrected chi connectivity index (χ0v) is 20.5. The lowest BCUT2D eigenvalue weighted by Gasteiger charge is -2.26. The molecular weight excluding hydrogens is 440 g/mol. The number of hydrogen-bond acceptors (Lipinski definition) is 6. The Kier molecular flexibility index (Phi) is 7.04. The molecule has 1 aliphatic heterocycles. The number of aryl methyl sites for hydroxylation is 1. The van der Waals surface area contributed by atoms with E-state index in [0.29, 0.717) is 38.4 Å². The third-order valence-corrected chi connectivity index (χ3v) is 8.26. The minimum Gasteiger partial charge on any atom is -0.496 e. The summed E-state index contributed by atoms with van der Waals surface area (Å²) in [6.45, 7) is 7.18. The summed E-state index contributed by atoms with van der Waals surface area (Å²) in [4.78, 5) is 7.34. The first-order valence-corrected chi connectivity index (χ1v) is 12.7. The predicted molar refractivity (Wildman–Crippen MR) is 128 cm³/mol. The fourth-order valence-corrected chi connectivity index (χ4v) is 5.77. The number of fused-ring (bicyclic) bond motifs is 1. The monoisotopic (exact) mass is 472 g/mol. The molecule has 0 N–H and O–H groups in total. The van der Waals surface area contributed by atoms with Crippen LogP contribution in [0.25, 0.3) is 11.0 Å². The van der Waals surface area contributed by atoms with Crippen molar-refractivity contribution < 1.29 is 17.9 Å². The highest BCUT2D eigenvalue weighted by Crippen LogP contribution is 2.30. The predicted octanol–water partition coefficient (Wildman–Crippen LogP) is 3.28. The molecule has 1 aromatic heterocycles. The van der Waals surface area contributed by atoms with Gasteiger partial charge in [0.25, 0.3) is 0 Å². The van der Waals surface area contributed by atoms with Crippen molar-refractivity contribution in [3.63, 3.8) is 0 Å². The number of hydrogen-bond donors (Lipinski definition) is 0. The minimum absolute atomic E-state index is 0.114. The van der Waals surface area contributed by atoms with Crippen molar-refractivity contribution in [1.82, 2.24) is 18.8 Å². The quantitative estimate of drug-likeness (QED) is 0.501. The van der Waals surface area contributed by atoms with Crippen LogP contribution in [-0.2, 0) is 27.8 Å². The molecule has 2 aromatic carbocycles. The van der Waals surface area contributed by atoms with Gasteiger partial charge >= 0.3 is 0 Å². The molecule has 0 aliphatic carbocycles. The number of para-hydroxylation sites is 1. The highest BCUT2D eigenvalue weighted by molar-refractivity contribution is 7.89. The molecule has 2 heterocycles. The molecule has 1 aliphatic rings. The van der Waals surface area contributed by atoms with Gasteiger partial charge in [0.15, 0.2) is 0 Å². The summed E-state index contributed by atoms with van der Waals surface area (Å²) in [5.74, 6) is 1.76. The summed E-state index contributed by atoms with van der Waals surface area (Å²) in [7, 11) is 0.181. The summed E-state index contributed by atoms with van der Waals surface area (Å²) in [6, 6.07) is 13.4. The largest absolute Gasteiger partial charge is 0.496 e. The summed E-state index contributed by atoms with van der Waals surface area (Å²) in [5.41, 5.74) is 2.74. The molecule has 1 unspecified atom stereocenters. The number of benzene rings is 2. The Hall–Kier alpha value is -2.46. The van der Waals surface area contributed by atoms with Crippen molar-refractivity contribution in [2.45, 2.75) is 37.9 Å². The second-order valence-electron chi connectivity index (χ2n) is 8.27. The third kappa shape index (κ3) is 4.63. The summed E-state index contributed by atoms with van der Waals surface area (Å²) < 4.78 is 40.7. The van der Waals surface area contributed by atoms with Crippen molar-refractivity contribution in [3.8, 4) is 5.75 Å². The standard InChI is InChI=1S/C24H32N4O4S/c1-5-28-22-11-10-19(33(29,30)27-12-14-32-15-13-27)16-21(22)25-24(28)17-26(3)18(2)20-8-6-7-9-23(20)31-4/h6-11,16,18H,5,12-15,17H2,1-4H3. The van der Waals surface area contributed by atoms with E-state index in [2.05, 4.69) is 36.4 Å². The first-order valence-electron chi connectivity index (χ1n) is 11.3. The number of ether oxygens (including phenoxy) is 2. The Morgan fingerprint density at radius 1 is 1.18 bits per heavy atom. The van der Waals surface area contributed by atoms with E-state index in [0.717, 1.165) is 29.2 Å². The normalized spacial score (nSPS) is 16.4. The molecule has 8 nitrogen and oxygen atoms in total. The molecule has 3 aromatic rings. The third-order valence-electron chi connectivity index (χ3n) is 6.36. The molecule has 178 valence electrons. The molecule has 0 bridgehead atoms.